The molecule has 1 aromatic rings. The van der Waals surface area contributed by atoms with E-state index in [1.807, 2.05) is 6.92 Å². The second kappa shape index (κ2) is 8.68. The van der Waals surface area contributed by atoms with E-state index in [1.54, 1.807) is 0 Å². The highest BCUT2D eigenvalue weighted by Crippen LogP contribution is 2.08. The zero-order chi connectivity index (χ0) is 11.6. The van der Waals surface area contributed by atoms with Gasteiger partial charge in [-0.3, -0.25) is 4.68 Å². The van der Waals surface area contributed by atoms with Gasteiger partial charge in [-0.15, -0.1) is 0 Å². The first kappa shape index (κ1) is 13.6. The molecule has 0 saturated carbocycles. The van der Waals surface area contributed by atoms with Crippen LogP contribution in [0.2, 0.25) is 0 Å². The third-order valence-electron chi connectivity index (χ3n) is 2.82. The maximum Gasteiger partial charge on any atom is 0.0593 e. The van der Waals surface area contributed by atoms with Crippen LogP contribution in [0.1, 0.15) is 50.6 Å². The molecule has 1 heterocycles. The van der Waals surface area contributed by atoms with Gasteiger partial charge in [0.1, 0.15) is 0 Å². The monoisotopic (exact) mass is 240 g/mol. The van der Waals surface area contributed by atoms with Gasteiger partial charge in [0.2, 0.25) is 0 Å². The van der Waals surface area contributed by atoms with E-state index >= 15 is 0 Å². The molecule has 92 valence electrons. The van der Waals surface area contributed by atoms with E-state index in [1.165, 1.54) is 44.9 Å². The molecule has 1 aromatic heterocycles. The third-order valence-corrected chi connectivity index (χ3v) is 3.14. The number of hydrogen-bond donors (Lipinski definition) is 1. The van der Waals surface area contributed by atoms with Crippen molar-refractivity contribution in [3.8, 4) is 0 Å². The van der Waals surface area contributed by atoms with Gasteiger partial charge in [0.05, 0.1) is 5.69 Å². The molecule has 1 rings (SSSR count). The molecule has 0 aliphatic rings. The fourth-order valence-corrected chi connectivity index (χ4v) is 2.08. The van der Waals surface area contributed by atoms with Gasteiger partial charge in [0.15, 0.2) is 0 Å². The van der Waals surface area contributed by atoms with Crippen molar-refractivity contribution in [3.63, 3.8) is 0 Å². The van der Waals surface area contributed by atoms with Gasteiger partial charge >= 0.3 is 0 Å². The van der Waals surface area contributed by atoms with Crippen LogP contribution in [0.15, 0.2) is 12.3 Å². The third kappa shape index (κ3) is 6.21. The van der Waals surface area contributed by atoms with Crippen molar-refractivity contribution in [2.24, 2.45) is 0 Å². The van der Waals surface area contributed by atoms with Crippen LogP contribution >= 0.6 is 12.6 Å². The Labute approximate surface area is 105 Å². The summed E-state index contributed by atoms with van der Waals surface area (Å²) < 4.78 is 2.05. The molecular weight excluding hydrogens is 216 g/mol. The average molecular weight is 240 g/mol. The molecule has 0 aliphatic heterocycles. The molecule has 3 heteroatoms. The minimum atomic E-state index is 1.04. The quantitative estimate of drug-likeness (QED) is 0.513. The molecule has 0 radical (unpaired) electrons. The van der Waals surface area contributed by atoms with Crippen LogP contribution in [0.4, 0.5) is 0 Å². The van der Waals surface area contributed by atoms with Crippen LogP contribution in [0, 0.1) is 6.92 Å². The molecule has 0 aromatic carbocycles. The number of aromatic nitrogens is 2. The zero-order valence-corrected chi connectivity index (χ0v) is 11.3. The summed E-state index contributed by atoms with van der Waals surface area (Å²) in [6, 6.07) is 2.07. The Hall–Kier alpha value is -0.440. The molecule has 0 unspecified atom stereocenters. The van der Waals surface area contributed by atoms with Crippen LogP contribution in [0.5, 0.6) is 0 Å². The van der Waals surface area contributed by atoms with E-state index < -0.39 is 0 Å². The summed E-state index contributed by atoms with van der Waals surface area (Å²) in [6.45, 7) is 3.11. The lowest BCUT2D eigenvalue weighted by Crippen LogP contribution is -1.98. The molecule has 0 spiro atoms. The van der Waals surface area contributed by atoms with Crippen molar-refractivity contribution >= 4 is 12.6 Å². The normalized spacial score (nSPS) is 10.9. The Balaban J connectivity index is 1.88. The van der Waals surface area contributed by atoms with E-state index in [-0.39, 0.29) is 0 Å². The predicted octanol–water partition coefficient (Wildman–Crippen LogP) is 3.85. The lowest BCUT2D eigenvalue weighted by atomic mass is 10.1. The number of unbranched alkanes of at least 4 members (excludes halogenated alkanes) is 6. The largest absolute Gasteiger partial charge is 0.273 e. The van der Waals surface area contributed by atoms with E-state index in [0.717, 1.165) is 18.0 Å². The number of aryl methyl sites for hydroxylation is 2. The second-order valence-corrected chi connectivity index (χ2v) is 4.87. The van der Waals surface area contributed by atoms with Crippen molar-refractivity contribution in [3.05, 3.63) is 18.0 Å². The van der Waals surface area contributed by atoms with E-state index in [0.29, 0.717) is 0 Å². The van der Waals surface area contributed by atoms with Gasteiger partial charge in [-0.2, -0.15) is 17.7 Å². The summed E-state index contributed by atoms with van der Waals surface area (Å²) in [4.78, 5) is 0. The summed E-state index contributed by atoms with van der Waals surface area (Å²) in [7, 11) is 0. The number of nitrogens with zero attached hydrogens (tertiary/aromatic N) is 2. The molecule has 0 atom stereocenters. The van der Waals surface area contributed by atoms with E-state index in [9.17, 15) is 0 Å². The highest BCUT2D eigenvalue weighted by molar-refractivity contribution is 7.80. The Kier molecular flexibility index (Phi) is 7.39. The number of hydrogen-bond acceptors (Lipinski definition) is 2. The summed E-state index contributed by atoms with van der Waals surface area (Å²) in [5.74, 6) is 1.04. The first-order valence-electron chi connectivity index (χ1n) is 6.44. The summed E-state index contributed by atoms with van der Waals surface area (Å²) in [6.07, 6.45) is 11.4. The summed E-state index contributed by atoms with van der Waals surface area (Å²) in [5, 5.41) is 4.38. The Bertz CT molecular complexity index is 271. The lowest BCUT2D eigenvalue weighted by Gasteiger charge is -2.02. The van der Waals surface area contributed by atoms with E-state index in [2.05, 4.69) is 34.7 Å². The predicted molar refractivity (Wildman–Crippen MR) is 73.1 cm³/mol. The molecule has 0 N–H and O–H groups in total. The van der Waals surface area contributed by atoms with Crippen LogP contribution in [-0.2, 0) is 6.54 Å². The van der Waals surface area contributed by atoms with Crippen LogP contribution in [-0.4, -0.2) is 15.5 Å². The molecule has 2 nitrogen and oxygen atoms in total. The SMILES string of the molecule is Cc1ccn(CCCCCCCCCS)n1. The summed E-state index contributed by atoms with van der Waals surface area (Å²) in [5.41, 5.74) is 1.12. The highest BCUT2D eigenvalue weighted by atomic mass is 32.1. The number of thiol groups is 1. The molecule has 0 amide bonds. The van der Waals surface area contributed by atoms with Gasteiger partial charge < -0.3 is 0 Å². The molecular formula is C13H24N2S. The molecule has 16 heavy (non-hydrogen) atoms. The molecule has 0 fully saturated rings. The van der Waals surface area contributed by atoms with Crippen molar-refractivity contribution < 1.29 is 0 Å². The zero-order valence-electron chi connectivity index (χ0n) is 10.4. The highest BCUT2D eigenvalue weighted by Gasteiger charge is 1.94. The molecule has 0 saturated heterocycles. The fourth-order valence-electron chi connectivity index (χ4n) is 1.86. The fraction of sp³-hybridized carbons (Fsp3) is 0.769. The van der Waals surface area contributed by atoms with Gasteiger partial charge in [0.25, 0.3) is 0 Å². The van der Waals surface area contributed by atoms with Gasteiger partial charge in [-0.05, 0) is 31.6 Å². The van der Waals surface area contributed by atoms with Crippen LogP contribution < -0.4 is 0 Å². The topological polar surface area (TPSA) is 17.8 Å². The minimum absolute atomic E-state index is 1.04. The first-order chi connectivity index (χ1) is 7.83. The Morgan fingerprint density at radius 2 is 1.69 bits per heavy atom. The Morgan fingerprint density at radius 1 is 1.06 bits per heavy atom. The van der Waals surface area contributed by atoms with Gasteiger partial charge in [0, 0.05) is 12.7 Å². The maximum absolute atomic E-state index is 4.38. The second-order valence-electron chi connectivity index (χ2n) is 4.42. The Morgan fingerprint density at radius 3 is 2.25 bits per heavy atom. The van der Waals surface area contributed by atoms with Crippen molar-refractivity contribution in [1.82, 2.24) is 9.78 Å². The van der Waals surface area contributed by atoms with Crippen LogP contribution in [0.3, 0.4) is 0 Å². The standard InChI is InChI=1S/C13H24N2S/c1-13-9-11-15(14-13)10-7-5-3-2-4-6-8-12-16/h9,11,16H,2-8,10,12H2,1H3. The number of rotatable bonds is 9. The summed E-state index contributed by atoms with van der Waals surface area (Å²) >= 11 is 4.21. The maximum atomic E-state index is 4.38. The van der Waals surface area contributed by atoms with Crippen molar-refractivity contribution in [2.45, 2.75) is 58.4 Å². The first-order valence-corrected chi connectivity index (χ1v) is 7.07. The molecule has 0 bridgehead atoms. The van der Waals surface area contributed by atoms with Crippen molar-refractivity contribution in [1.29, 1.82) is 0 Å². The van der Waals surface area contributed by atoms with Crippen LogP contribution in [0.25, 0.3) is 0 Å². The van der Waals surface area contributed by atoms with Crippen molar-refractivity contribution in [2.75, 3.05) is 5.75 Å². The van der Waals surface area contributed by atoms with Gasteiger partial charge in [-0.1, -0.05) is 32.1 Å². The molecule has 0 aliphatic carbocycles. The van der Waals surface area contributed by atoms with Gasteiger partial charge in [-0.25, -0.2) is 0 Å². The average Bonchev–Trinajstić information content (AvgIpc) is 2.68. The van der Waals surface area contributed by atoms with E-state index in [4.69, 9.17) is 0 Å². The smallest absolute Gasteiger partial charge is 0.0593 e. The minimum Gasteiger partial charge on any atom is -0.273 e. The lowest BCUT2D eigenvalue weighted by molar-refractivity contribution is 0.522.